The van der Waals surface area contributed by atoms with Gasteiger partial charge in [0.05, 0.1) is 0 Å². The Morgan fingerprint density at radius 1 is 1.67 bits per heavy atom. The van der Waals surface area contributed by atoms with E-state index in [0.717, 1.165) is 0 Å². The number of hydrogen-bond donors (Lipinski definition) is 1. The van der Waals surface area contributed by atoms with Gasteiger partial charge >= 0.3 is 95.9 Å². The van der Waals surface area contributed by atoms with Crippen LogP contribution in [0, 0.1) is 17.0 Å². The van der Waals surface area contributed by atoms with Crippen LogP contribution in [0.25, 0.3) is 11.0 Å². The van der Waals surface area contributed by atoms with Crippen molar-refractivity contribution in [1.29, 1.82) is 0 Å². The molecule has 2 rings (SSSR count). The van der Waals surface area contributed by atoms with Crippen molar-refractivity contribution >= 4 is 16.7 Å². The van der Waals surface area contributed by atoms with Gasteiger partial charge in [0.25, 0.3) is 0 Å². The van der Waals surface area contributed by atoms with Crippen LogP contribution in [0.5, 0.6) is 5.75 Å². The van der Waals surface area contributed by atoms with Crippen LogP contribution in [-0.2, 0) is 21.3 Å². The Bertz CT molecular complexity index is 565. The van der Waals surface area contributed by atoms with Gasteiger partial charge in [-0.1, -0.05) is 0 Å². The Kier molecular flexibility index (Phi) is 2.22. The number of phenols is 1. The summed E-state index contributed by atoms with van der Waals surface area (Å²) in [4.78, 5) is 10.0. The van der Waals surface area contributed by atoms with E-state index in [-0.39, 0.29) is 11.2 Å². The first-order valence-electron chi connectivity index (χ1n) is 3.87. The predicted molar refractivity (Wildman–Crippen MR) is 46.0 cm³/mol. The van der Waals surface area contributed by atoms with Gasteiger partial charge in [0.1, 0.15) is 0 Å². The number of rotatable bonds is 1. The maximum absolute atomic E-state index is 10.7. The van der Waals surface area contributed by atoms with Gasteiger partial charge in [0.2, 0.25) is 0 Å². The molecule has 0 saturated carbocycles. The molecular formula is C7H5AgN4O3. The monoisotopic (exact) mass is 300 g/mol. The summed E-state index contributed by atoms with van der Waals surface area (Å²) in [6.45, 7) is 1.54. The third-order valence-corrected chi connectivity index (χ3v) is 2.49. The Morgan fingerprint density at radius 2 is 2.33 bits per heavy atom. The molecule has 0 spiro atoms. The Balaban J connectivity index is 2.91. The molecule has 0 radical (unpaired) electrons. The summed E-state index contributed by atoms with van der Waals surface area (Å²) in [5.74, 6) is -0.458. The van der Waals surface area contributed by atoms with Gasteiger partial charge in [-0.2, -0.15) is 0 Å². The number of aromatic nitrogens is 3. The van der Waals surface area contributed by atoms with E-state index in [1.807, 2.05) is 0 Å². The fourth-order valence-electron chi connectivity index (χ4n) is 1.35. The molecule has 2 aromatic rings. The second-order valence-electron chi connectivity index (χ2n) is 2.93. The number of hydrogen-bond acceptors (Lipinski definition) is 5. The van der Waals surface area contributed by atoms with Crippen LogP contribution >= 0.6 is 0 Å². The van der Waals surface area contributed by atoms with Crippen LogP contribution in [0.15, 0.2) is 6.07 Å². The van der Waals surface area contributed by atoms with E-state index in [1.165, 1.54) is 16.1 Å². The third-order valence-electron chi connectivity index (χ3n) is 2.00. The molecule has 0 aliphatic rings. The van der Waals surface area contributed by atoms with Crippen molar-refractivity contribution in [2.24, 2.45) is 0 Å². The molecule has 8 heteroatoms. The van der Waals surface area contributed by atoms with Gasteiger partial charge in [-0.3, -0.25) is 0 Å². The second-order valence-corrected chi connectivity index (χ2v) is 3.56. The zero-order valence-corrected chi connectivity index (χ0v) is 8.91. The normalized spacial score (nSPS) is 10.9. The summed E-state index contributed by atoms with van der Waals surface area (Å²) >= 11 is 3.08. The number of nitro groups is 1. The summed E-state index contributed by atoms with van der Waals surface area (Å²) in [5.41, 5.74) is 0.598. The Morgan fingerprint density at radius 3 is 2.93 bits per heavy atom. The fourth-order valence-corrected chi connectivity index (χ4v) is 1.67. The zero-order chi connectivity index (χ0) is 11.2. The van der Waals surface area contributed by atoms with Gasteiger partial charge in [-0.05, 0) is 0 Å². The molecule has 0 bridgehead atoms. The molecule has 7 nitrogen and oxygen atoms in total. The van der Waals surface area contributed by atoms with Gasteiger partial charge in [-0.15, -0.1) is 0 Å². The number of benzene rings is 1. The third kappa shape index (κ3) is 1.41. The van der Waals surface area contributed by atoms with E-state index in [9.17, 15) is 15.2 Å². The summed E-state index contributed by atoms with van der Waals surface area (Å²) in [5, 5.41) is 27.5. The average molecular weight is 301 g/mol. The van der Waals surface area contributed by atoms with Crippen LogP contribution < -0.4 is 0 Å². The van der Waals surface area contributed by atoms with Crippen LogP contribution in [-0.4, -0.2) is 23.4 Å². The molecule has 0 unspecified atom stereocenters. The molecule has 1 aromatic carbocycles. The first kappa shape index (κ1) is 10.1. The van der Waals surface area contributed by atoms with E-state index in [2.05, 4.69) is 31.6 Å². The van der Waals surface area contributed by atoms with Crippen LogP contribution in [0.4, 0.5) is 5.69 Å². The molecule has 1 N–H and O–H groups in total. The summed E-state index contributed by atoms with van der Waals surface area (Å²) in [6, 6.07) is 1.53. The predicted octanol–water partition coefficient (Wildman–Crippen LogP) is 0.663. The first-order chi connectivity index (χ1) is 7.02. The molecule has 1 aromatic heterocycles. The maximum atomic E-state index is 10.7. The topological polar surface area (TPSA) is 94.1 Å². The quantitative estimate of drug-likeness (QED) is 0.474. The molecular weight excluding hydrogens is 296 g/mol. The average Bonchev–Trinajstić information content (AvgIpc) is 2.47. The first-order valence-corrected chi connectivity index (χ1v) is 4.53. The van der Waals surface area contributed by atoms with Crippen molar-refractivity contribution in [2.75, 3.05) is 0 Å². The molecule has 0 aliphatic carbocycles. The van der Waals surface area contributed by atoms with Crippen molar-refractivity contribution in [3.63, 3.8) is 0 Å². The molecule has 0 aliphatic heterocycles. The van der Waals surface area contributed by atoms with Crippen molar-refractivity contribution in [1.82, 2.24) is 13.4 Å². The van der Waals surface area contributed by atoms with Gasteiger partial charge in [-0.25, -0.2) is 0 Å². The standard InChI is InChI=1S/C7H5N4O3.Ag/c1-3-2-4-5(9-10-8-4)7(12)6(3)11(13)14;/h2H,1H3,(H-,8,9,10,12);/q-1;+1. The molecule has 82 valence electrons. The summed E-state index contributed by atoms with van der Waals surface area (Å²) < 4.78 is 1.26. The van der Waals surface area contributed by atoms with E-state index in [0.29, 0.717) is 11.1 Å². The molecule has 1 heterocycles. The van der Waals surface area contributed by atoms with Gasteiger partial charge in [0, 0.05) is 0 Å². The van der Waals surface area contributed by atoms with E-state index >= 15 is 0 Å². The molecule has 0 amide bonds. The SMILES string of the molecule is Cc1cc2c(nn[n]2[Ag])c(O)c1[N+](=O)[O-]. The van der Waals surface area contributed by atoms with Crippen molar-refractivity contribution < 1.29 is 31.4 Å². The van der Waals surface area contributed by atoms with Gasteiger partial charge in [0.15, 0.2) is 0 Å². The number of aryl methyl sites for hydroxylation is 1. The number of aromatic hydroxyl groups is 1. The molecule has 0 atom stereocenters. The molecule has 15 heavy (non-hydrogen) atoms. The summed E-state index contributed by atoms with van der Waals surface area (Å²) in [7, 11) is 0. The van der Waals surface area contributed by atoms with Crippen LogP contribution in [0.1, 0.15) is 5.56 Å². The number of nitrogens with zero attached hydrogens (tertiary/aromatic N) is 4. The van der Waals surface area contributed by atoms with Crippen LogP contribution in [0.2, 0.25) is 0 Å². The molecule has 0 fully saturated rings. The van der Waals surface area contributed by atoms with E-state index in [4.69, 9.17) is 0 Å². The van der Waals surface area contributed by atoms with Gasteiger partial charge < -0.3 is 0 Å². The minimum atomic E-state index is -0.642. The fraction of sp³-hybridized carbons (Fsp3) is 0.143. The number of nitro benzene ring substituents is 1. The summed E-state index contributed by atoms with van der Waals surface area (Å²) in [6.07, 6.45) is 0. The Hall–Kier alpha value is -1.44. The molecule has 0 saturated heterocycles. The van der Waals surface area contributed by atoms with Crippen molar-refractivity contribution in [3.05, 3.63) is 21.7 Å². The number of fused-ring (bicyclic) bond motifs is 1. The van der Waals surface area contributed by atoms with Crippen molar-refractivity contribution in [2.45, 2.75) is 6.92 Å². The van der Waals surface area contributed by atoms with Crippen molar-refractivity contribution in [3.8, 4) is 5.75 Å². The number of phenolic OH excluding ortho intramolecular Hbond substituents is 1. The minimum absolute atomic E-state index is 0.100. The van der Waals surface area contributed by atoms with E-state index in [1.54, 1.807) is 0 Å². The van der Waals surface area contributed by atoms with Crippen LogP contribution in [0.3, 0.4) is 0 Å². The van der Waals surface area contributed by atoms with E-state index < -0.39 is 10.7 Å². The zero-order valence-electron chi connectivity index (χ0n) is 7.43. The second kappa shape index (κ2) is 3.30. The Labute approximate surface area is 96.1 Å².